The van der Waals surface area contributed by atoms with Crippen LogP contribution in [0.1, 0.15) is 50.9 Å². The van der Waals surface area contributed by atoms with Crippen LogP contribution in [0.5, 0.6) is 0 Å². The van der Waals surface area contributed by atoms with E-state index in [2.05, 4.69) is 41.9 Å². The quantitative estimate of drug-likeness (QED) is 0.828. The van der Waals surface area contributed by atoms with Gasteiger partial charge in [-0.15, -0.1) is 0 Å². The van der Waals surface area contributed by atoms with Crippen LogP contribution in [0.25, 0.3) is 0 Å². The minimum absolute atomic E-state index is 0.657. The van der Waals surface area contributed by atoms with Gasteiger partial charge in [-0.25, -0.2) is 0 Å². The molecule has 3 unspecified atom stereocenters. The minimum atomic E-state index is 0.657. The highest BCUT2D eigenvalue weighted by Crippen LogP contribution is 2.55. The largest absolute Gasteiger partial charge is 0.313 e. The van der Waals surface area contributed by atoms with E-state index in [1.54, 1.807) is 0 Å². The van der Waals surface area contributed by atoms with Gasteiger partial charge < -0.3 is 5.32 Å². The van der Waals surface area contributed by atoms with Crippen molar-refractivity contribution < 1.29 is 0 Å². The molecule has 112 valence electrons. The summed E-state index contributed by atoms with van der Waals surface area (Å²) in [5.74, 6) is 3.04. The zero-order chi connectivity index (χ0) is 14.1. The molecule has 0 bridgehead atoms. The first-order valence-corrected chi connectivity index (χ1v) is 8.48. The third-order valence-corrected chi connectivity index (χ3v) is 5.22. The van der Waals surface area contributed by atoms with Crippen LogP contribution in [0, 0.1) is 24.7 Å². The van der Waals surface area contributed by atoms with Crippen molar-refractivity contribution in [3.63, 3.8) is 0 Å². The van der Waals surface area contributed by atoms with Gasteiger partial charge in [0, 0.05) is 24.7 Å². The van der Waals surface area contributed by atoms with Gasteiger partial charge in [0.25, 0.3) is 0 Å². The smallest absolute Gasteiger partial charge is 0.0596 e. The van der Waals surface area contributed by atoms with E-state index in [4.69, 9.17) is 0 Å². The molecule has 0 spiro atoms. The van der Waals surface area contributed by atoms with E-state index >= 15 is 0 Å². The van der Waals surface area contributed by atoms with Crippen molar-refractivity contribution in [2.24, 2.45) is 17.8 Å². The topological polar surface area (TPSA) is 29.9 Å². The molecule has 0 aliphatic heterocycles. The molecule has 2 aliphatic carbocycles. The molecular formula is C17H29N3. The highest BCUT2D eigenvalue weighted by atomic mass is 15.3. The van der Waals surface area contributed by atoms with Crippen molar-refractivity contribution in [2.45, 2.75) is 65.5 Å². The van der Waals surface area contributed by atoms with Crippen molar-refractivity contribution in [3.8, 4) is 0 Å². The summed E-state index contributed by atoms with van der Waals surface area (Å²) < 4.78 is 2.19. The van der Waals surface area contributed by atoms with E-state index < -0.39 is 0 Å². The zero-order valence-corrected chi connectivity index (χ0v) is 13.2. The summed E-state index contributed by atoms with van der Waals surface area (Å²) in [5, 5.41) is 8.42. The highest BCUT2D eigenvalue weighted by Gasteiger charge is 2.47. The summed E-state index contributed by atoms with van der Waals surface area (Å²) in [6.45, 7) is 8.69. The number of nitrogens with zero attached hydrogens (tertiary/aromatic N) is 2. The fourth-order valence-electron chi connectivity index (χ4n) is 4.09. The summed E-state index contributed by atoms with van der Waals surface area (Å²) >= 11 is 0. The van der Waals surface area contributed by atoms with Gasteiger partial charge in [0.15, 0.2) is 0 Å². The normalized spacial score (nSPS) is 29.4. The van der Waals surface area contributed by atoms with Crippen LogP contribution < -0.4 is 5.32 Å². The first-order valence-electron chi connectivity index (χ1n) is 8.48. The fourth-order valence-corrected chi connectivity index (χ4v) is 4.09. The molecule has 0 aromatic carbocycles. The van der Waals surface area contributed by atoms with Crippen LogP contribution in [0.4, 0.5) is 0 Å². The van der Waals surface area contributed by atoms with Gasteiger partial charge in [-0.1, -0.05) is 6.92 Å². The molecule has 2 fully saturated rings. The monoisotopic (exact) mass is 275 g/mol. The lowest BCUT2D eigenvalue weighted by Gasteiger charge is -2.26. The second-order valence-electron chi connectivity index (χ2n) is 6.84. The molecule has 3 heteroatoms. The van der Waals surface area contributed by atoms with Gasteiger partial charge in [-0.05, 0) is 69.9 Å². The number of nitrogens with one attached hydrogen (secondary N) is 1. The minimum Gasteiger partial charge on any atom is -0.313 e. The molecule has 1 aromatic rings. The molecule has 1 heterocycles. The molecule has 0 amide bonds. The van der Waals surface area contributed by atoms with Crippen LogP contribution in [0.2, 0.25) is 0 Å². The average molecular weight is 275 g/mol. The lowest BCUT2D eigenvalue weighted by atomic mass is 9.91. The maximum absolute atomic E-state index is 4.60. The maximum atomic E-state index is 4.60. The second-order valence-corrected chi connectivity index (χ2v) is 6.84. The Morgan fingerprint density at radius 3 is 2.70 bits per heavy atom. The Morgan fingerprint density at radius 1 is 1.30 bits per heavy atom. The average Bonchev–Trinajstić information content (AvgIpc) is 2.89. The maximum Gasteiger partial charge on any atom is 0.0596 e. The Balaban J connectivity index is 1.68. The summed E-state index contributed by atoms with van der Waals surface area (Å²) in [6.07, 6.45) is 6.82. The first-order chi connectivity index (χ1) is 9.71. The molecule has 1 aromatic heterocycles. The Hall–Kier alpha value is -0.830. The molecule has 0 saturated heterocycles. The van der Waals surface area contributed by atoms with Gasteiger partial charge in [0.2, 0.25) is 0 Å². The van der Waals surface area contributed by atoms with Crippen LogP contribution >= 0.6 is 0 Å². The third kappa shape index (κ3) is 2.93. The highest BCUT2D eigenvalue weighted by molar-refractivity contribution is 5.12. The van der Waals surface area contributed by atoms with E-state index in [-0.39, 0.29) is 0 Å². The Kier molecular flexibility index (Phi) is 4.16. The van der Waals surface area contributed by atoms with Crippen molar-refractivity contribution in [1.29, 1.82) is 0 Å². The van der Waals surface area contributed by atoms with Crippen molar-refractivity contribution in [1.82, 2.24) is 15.1 Å². The van der Waals surface area contributed by atoms with Gasteiger partial charge in [-0.3, -0.25) is 4.68 Å². The van der Waals surface area contributed by atoms with Crippen LogP contribution in [-0.4, -0.2) is 22.4 Å². The number of hydrogen-bond acceptors (Lipinski definition) is 2. The number of aryl methyl sites for hydroxylation is 2. The van der Waals surface area contributed by atoms with E-state index in [0.29, 0.717) is 6.04 Å². The number of fused-ring (bicyclic) bond motifs is 1. The molecular weight excluding hydrogens is 246 g/mol. The summed E-state index contributed by atoms with van der Waals surface area (Å²) in [7, 11) is 0. The SMILES string of the molecule is CCCNC(Cc1cc(C)nn1CC)C1CC2CC2C1. The Bertz CT molecular complexity index is 441. The molecule has 2 saturated carbocycles. The number of hydrogen-bond donors (Lipinski definition) is 1. The second kappa shape index (κ2) is 5.88. The lowest BCUT2D eigenvalue weighted by Crippen LogP contribution is -2.38. The lowest BCUT2D eigenvalue weighted by molar-refractivity contribution is 0.327. The van der Waals surface area contributed by atoms with Crippen LogP contribution in [-0.2, 0) is 13.0 Å². The predicted octanol–water partition coefficient (Wildman–Crippen LogP) is 3.17. The van der Waals surface area contributed by atoms with E-state index in [1.807, 2.05) is 0 Å². The van der Waals surface area contributed by atoms with Crippen molar-refractivity contribution >= 4 is 0 Å². The molecule has 2 aliphatic rings. The van der Waals surface area contributed by atoms with Gasteiger partial charge in [0.1, 0.15) is 0 Å². The molecule has 1 N–H and O–H groups in total. The van der Waals surface area contributed by atoms with Gasteiger partial charge in [0.05, 0.1) is 5.69 Å². The number of rotatable bonds is 7. The van der Waals surface area contributed by atoms with E-state index in [9.17, 15) is 0 Å². The fraction of sp³-hybridized carbons (Fsp3) is 0.824. The third-order valence-electron chi connectivity index (χ3n) is 5.22. The summed E-state index contributed by atoms with van der Waals surface area (Å²) in [4.78, 5) is 0. The number of aromatic nitrogens is 2. The molecule has 3 atom stereocenters. The molecule has 20 heavy (non-hydrogen) atoms. The first kappa shape index (κ1) is 14.1. The van der Waals surface area contributed by atoms with Crippen LogP contribution in [0.15, 0.2) is 6.07 Å². The predicted molar refractivity (Wildman–Crippen MR) is 82.7 cm³/mol. The molecule has 3 rings (SSSR count). The van der Waals surface area contributed by atoms with E-state index in [0.717, 1.165) is 43.0 Å². The molecule has 0 radical (unpaired) electrons. The Labute approximate surface area is 123 Å². The van der Waals surface area contributed by atoms with E-state index in [1.165, 1.54) is 31.4 Å². The van der Waals surface area contributed by atoms with Gasteiger partial charge in [-0.2, -0.15) is 5.10 Å². The van der Waals surface area contributed by atoms with Crippen molar-refractivity contribution in [3.05, 3.63) is 17.5 Å². The zero-order valence-electron chi connectivity index (χ0n) is 13.2. The summed E-state index contributed by atoms with van der Waals surface area (Å²) in [6, 6.07) is 2.93. The van der Waals surface area contributed by atoms with Gasteiger partial charge >= 0.3 is 0 Å². The summed E-state index contributed by atoms with van der Waals surface area (Å²) in [5.41, 5.74) is 2.57. The van der Waals surface area contributed by atoms with Crippen LogP contribution in [0.3, 0.4) is 0 Å². The standard InChI is InChI=1S/C17H29N3/c1-4-6-18-17(15-9-13-8-14(13)10-15)11-16-7-12(3)19-20(16)5-2/h7,13-15,17-18H,4-6,8-11H2,1-3H3. The Morgan fingerprint density at radius 2 is 2.05 bits per heavy atom. The molecule has 3 nitrogen and oxygen atoms in total. The van der Waals surface area contributed by atoms with Crippen molar-refractivity contribution in [2.75, 3.05) is 6.54 Å².